The van der Waals surface area contributed by atoms with Gasteiger partial charge in [-0.2, -0.15) is 0 Å². The molecule has 0 heterocycles. The van der Waals surface area contributed by atoms with Crippen LogP contribution in [0.1, 0.15) is 45.7 Å². The topological polar surface area (TPSA) is 36.9 Å². The monoisotopic (exact) mass is 544 g/mol. The van der Waals surface area contributed by atoms with E-state index in [4.69, 9.17) is 18.9 Å². The zero-order chi connectivity index (χ0) is 28.7. The molecule has 0 saturated heterocycles. The van der Waals surface area contributed by atoms with Gasteiger partial charge in [0, 0.05) is 5.92 Å². The van der Waals surface area contributed by atoms with Crippen LogP contribution < -0.4 is 18.9 Å². The van der Waals surface area contributed by atoms with Crippen LogP contribution in [0.3, 0.4) is 0 Å². The van der Waals surface area contributed by atoms with Crippen molar-refractivity contribution in [2.24, 2.45) is 0 Å². The maximum Gasteiger partial charge on any atom is 0.161 e. The SMILES string of the molecule is COc1ccc(C(C2=CC=CC2)(c2ccc(OC)c(OC)c2)C2c3cc(C)ccc3-c3ccc(C)cc32)cc1OC. The normalized spacial score (nSPS) is 14.0. The van der Waals surface area contributed by atoms with Gasteiger partial charge < -0.3 is 18.9 Å². The molecule has 0 N–H and O–H groups in total. The summed E-state index contributed by atoms with van der Waals surface area (Å²) in [5, 5.41) is 0. The molecule has 0 saturated carbocycles. The lowest BCUT2D eigenvalue weighted by atomic mass is 9.58. The number of fused-ring (bicyclic) bond motifs is 3. The van der Waals surface area contributed by atoms with Crippen molar-refractivity contribution < 1.29 is 18.9 Å². The van der Waals surface area contributed by atoms with E-state index in [1.807, 2.05) is 12.1 Å². The zero-order valence-corrected chi connectivity index (χ0v) is 24.6. The third kappa shape index (κ3) is 4.12. The third-order valence-corrected chi connectivity index (χ3v) is 8.71. The van der Waals surface area contributed by atoms with Gasteiger partial charge in [0.05, 0.1) is 33.9 Å². The molecular formula is C37H36O4. The Bertz CT molecular complexity index is 1590. The Balaban J connectivity index is 1.78. The van der Waals surface area contributed by atoms with Crippen molar-refractivity contribution in [3.8, 4) is 34.1 Å². The van der Waals surface area contributed by atoms with E-state index in [1.54, 1.807) is 28.4 Å². The van der Waals surface area contributed by atoms with Crippen LogP contribution in [-0.4, -0.2) is 28.4 Å². The van der Waals surface area contributed by atoms with E-state index >= 15 is 0 Å². The zero-order valence-electron chi connectivity index (χ0n) is 24.6. The second-order valence-electron chi connectivity index (χ2n) is 10.9. The first kappa shape index (κ1) is 26.8. The molecule has 0 atom stereocenters. The Hall–Kier alpha value is -4.44. The largest absolute Gasteiger partial charge is 0.493 e. The molecule has 0 fully saturated rings. The Morgan fingerprint density at radius 2 is 1.07 bits per heavy atom. The number of hydrogen-bond acceptors (Lipinski definition) is 4. The van der Waals surface area contributed by atoms with E-state index < -0.39 is 5.41 Å². The van der Waals surface area contributed by atoms with Gasteiger partial charge in [-0.1, -0.05) is 83.5 Å². The standard InChI is InChI=1S/C37H36O4/c1-23-11-15-28-29-16-12-24(2)20-31(29)36(30(28)19-23)37(25-9-7-8-10-25,26-13-17-32(38-3)34(21-26)40-5)27-14-18-33(39-4)35(22-27)41-6/h7-9,11-22,36H,10H2,1-6H3. The van der Waals surface area contributed by atoms with Crippen molar-refractivity contribution in [1.82, 2.24) is 0 Å². The lowest BCUT2D eigenvalue weighted by Gasteiger charge is -2.43. The van der Waals surface area contributed by atoms with Crippen LogP contribution >= 0.6 is 0 Å². The quantitative estimate of drug-likeness (QED) is 0.223. The first-order valence-electron chi connectivity index (χ1n) is 14.0. The second-order valence-corrected chi connectivity index (χ2v) is 10.9. The van der Waals surface area contributed by atoms with E-state index in [9.17, 15) is 0 Å². The van der Waals surface area contributed by atoms with Gasteiger partial charge in [-0.15, -0.1) is 0 Å². The van der Waals surface area contributed by atoms with Crippen molar-refractivity contribution >= 4 is 0 Å². The minimum Gasteiger partial charge on any atom is -0.493 e. The minimum absolute atomic E-state index is 0.00495. The third-order valence-electron chi connectivity index (χ3n) is 8.71. The summed E-state index contributed by atoms with van der Waals surface area (Å²) in [5.74, 6) is 2.81. The minimum atomic E-state index is -0.593. The highest BCUT2D eigenvalue weighted by Gasteiger charge is 2.50. The average Bonchev–Trinajstić information content (AvgIpc) is 3.64. The number of allylic oxidation sites excluding steroid dienone is 4. The summed E-state index contributed by atoms with van der Waals surface area (Å²) >= 11 is 0. The van der Waals surface area contributed by atoms with Gasteiger partial charge in [-0.3, -0.25) is 0 Å². The summed E-state index contributed by atoms with van der Waals surface area (Å²) in [6.07, 6.45) is 7.54. The fraction of sp³-hybridized carbons (Fsp3) is 0.243. The summed E-state index contributed by atoms with van der Waals surface area (Å²) in [4.78, 5) is 0. The lowest BCUT2D eigenvalue weighted by molar-refractivity contribution is 0.351. The Kier molecular flexibility index (Phi) is 6.86. The van der Waals surface area contributed by atoms with Crippen LogP contribution in [0.5, 0.6) is 23.0 Å². The van der Waals surface area contributed by atoms with E-state index in [-0.39, 0.29) is 5.92 Å². The van der Waals surface area contributed by atoms with Gasteiger partial charge in [0.2, 0.25) is 0 Å². The van der Waals surface area contributed by atoms with E-state index in [0.29, 0.717) is 23.0 Å². The molecule has 0 bridgehead atoms. The number of ether oxygens (including phenoxy) is 4. The van der Waals surface area contributed by atoms with Crippen molar-refractivity contribution in [1.29, 1.82) is 0 Å². The number of hydrogen-bond donors (Lipinski definition) is 0. The van der Waals surface area contributed by atoms with Gasteiger partial charge in [-0.25, -0.2) is 0 Å². The summed E-state index contributed by atoms with van der Waals surface area (Å²) in [7, 11) is 6.75. The Morgan fingerprint density at radius 3 is 1.49 bits per heavy atom. The molecule has 4 aromatic carbocycles. The molecule has 0 spiro atoms. The predicted octanol–water partition coefficient (Wildman–Crippen LogP) is 8.32. The molecule has 0 unspecified atom stereocenters. The molecule has 4 heteroatoms. The van der Waals surface area contributed by atoms with Crippen LogP contribution in [0.25, 0.3) is 11.1 Å². The summed E-state index contributed by atoms with van der Waals surface area (Å²) in [6, 6.07) is 26.5. The molecule has 41 heavy (non-hydrogen) atoms. The molecule has 208 valence electrons. The van der Waals surface area contributed by atoms with Crippen LogP contribution in [0.4, 0.5) is 0 Å². The summed E-state index contributed by atoms with van der Waals surface area (Å²) < 4.78 is 23.1. The van der Waals surface area contributed by atoms with Crippen LogP contribution in [0.15, 0.2) is 96.6 Å². The fourth-order valence-corrected chi connectivity index (χ4v) is 6.93. The van der Waals surface area contributed by atoms with Crippen LogP contribution in [-0.2, 0) is 5.41 Å². The number of methoxy groups -OCH3 is 4. The molecule has 0 radical (unpaired) electrons. The van der Waals surface area contributed by atoms with Gasteiger partial charge >= 0.3 is 0 Å². The molecule has 0 aliphatic heterocycles. The maximum absolute atomic E-state index is 5.89. The molecule has 6 rings (SSSR count). The van der Waals surface area contributed by atoms with E-state index in [0.717, 1.165) is 17.5 Å². The number of rotatable bonds is 8. The molecule has 0 amide bonds. The molecule has 2 aliphatic carbocycles. The second kappa shape index (κ2) is 10.5. The summed E-state index contributed by atoms with van der Waals surface area (Å²) in [5.41, 5.74) is 10.7. The molecule has 0 aromatic heterocycles. The van der Waals surface area contributed by atoms with Crippen LogP contribution in [0.2, 0.25) is 0 Å². The highest BCUT2D eigenvalue weighted by atomic mass is 16.5. The van der Waals surface area contributed by atoms with Crippen molar-refractivity contribution in [3.05, 3.63) is 130 Å². The van der Waals surface area contributed by atoms with Gasteiger partial charge in [-0.05, 0) is 77.9 Å². The average molecular weight is 545 g/mol. The van der Waals surface area contributed by atoms with Crippen molar-refractivity contribution in [2.45, 2.75) is 31.6 Å². The van der Waals surface area contributed by atoms with Crippen LogP contribution in [0, 0.1) is 13.8 Å². The van der Waals surface area contributed by atoms with Gasteiger partial charge in [0.15, 0.2) is 23.0 Å². The lowest BCUT2D eigenvalue weighted by Crippen LogP contribution is -2.37. The highest BCUT2D eigenvalue weighted by molar-refractivity contribution is 5.82. The van der Waals surface area contributed by atoms with Gasteiger partial charge in [0.1, 0.15) is 0 Å². The molecular weight excluding hydrogens is 508 g/mol. The first-order chi connectivity index (χ1) is 20.0. The molecule has 2 aliphatic rings. The van der Waals surface area contributed by atoms with E-state index in [2.05, 4.69) is 92.7 Å². The first-order valence-corrected chi connectivity index (χ1v) is 14.0. The summed E-state index contributed by atoms with van der Waals surface area (Å²) in [6.45, 7) is 4.35. The molecule has 4 aromatic rings. The molecule has 4 nitrogen and oxygen atoms in total. The number of benzene rings is 4. The Morgan fingerprint density at radius 1 is 0.585 bits per heavy atom. The Labute approximate surface area is 242 Å². The fourth-order valence-electron chi connectivity index (χ4n) is 6.93. The smallest absolute Gasteiger partial charge is 0.161 e. The van der Waals surface area contributed by atoms with E-state index in [1.165, 1.54) is 39.0 Å². The predicted molar refractivity (Wildman–Crippen MR) is 165 cm³/mol. The maximum atomic E-state index is 5.89. The van der Waals surface area contributed by atoms with Crippen molar-refractivity contribution in [3.63, 3.8) is 0 Å². The highest BCUT2D eigenvalue weighted by Crippen LogP contribution is 2.61. The van der Waals surface area contributed by atoms with Gasteiger partial charge in [0.25, 0.3) is 0 Å². The number of aryl methyl sites for hydroxylation is 2. The van der Waals surface area contributed by atoms with Crippen molar-refractivity contribution in [2.75, 3.05) is 28.4 Å².